The van der Waals surface area contributed by atoms with Crippen molar-refractivity contribution in [1.29, 1.82) is 0 Å². The summed E-state index contributed by atoms with van der Waals surface area (Å²) in [5.74, 6) is 0. The summed E-state index contributed by atoms with van der Waals surface area (Å²) in [4.78, 5) is 2.51. The molecule has 2 rings (SSSR count). The number of hydrogen-bond donors (Lipinski definition) is 0. The maximum atomic E-state index is 6.26. The highest BCUT2D eigenvalue weighted by molar-refractivity contribution is 6.60. The Morgan fingerprint density at radius 1 is 1.14 bits per heavy atom. The SMILES string of the molecule is CCN1CCCCC1CO[Si](Cc1ccccc1)(OC)OC. The first-order chi connectivity index (χ1) is 10.7. The predicted octanol–water partition coefficient (Wildman–Crippen LogP) is 2.89. The lowest BCUT2D eigenvalue weighted by Gasteiger charge is -2.37. The van der Waals surface area contributed by atoms with E-state index in [0.717, 1.165) is 12.6 Å². The Morgan fingerprint density at radius 3 is 2.50 bits per heavy atom. The van der Waals surface area contributed by atoms with Gasteiger partial charge in [0.1, 0.15) is 0 Å². The second-order valence-electron chi connectivity index (χ2n) is 5.84. The zero-order valence-electron chi connectivity index (χ0n) is 14.1. The van der Waals surface area contributed by atoms with Crippen LogP contribution in [0.25, 0.3) is 0 Å². The fraction of sp³-hybridized carbons (Fsp3) is 0.647. The van der Waals surface area contributed by atoms with Crippen LogP contribution in [0.15, 0.2) is 30.3 Å². The van der Waals surface area contributed by atoms with E-state index in [1.807, 2.05) is 18.2 Å². The Hall–Kier alpha value is -0.723. The van der Waals surface area contributed by atoms with Gasteiger partial charge >= 0.3 is 8.80 Å². The van der Waals surface area contributed by atoms with Crippen LogP contribution in [-0.2, 0) is 19.3 Å². The summed E-state index contributed by atoms with van der Waals surface area (Å²) < 4.78 is 17.7. The second kappa shape index (κ2) is 8.79. The maximum absolute atomic E-state index is 6.26. The van der Waals surface area contributed by atoms with Crippen molar-refractivity contribution in [2.24, 2.45) is 0 Å². The lowest BCUT2D eigenvalue weighted by molar-refractivity contribution is 0.0458. The average Bonchev–Trinajstić information content (AvgIpc) is 2.60. The van der Waals surface area contributed by atoms with Crippen LogP contribution >= 0.6 is 0 Å². The van der Waals surface area contributed by atoms with Crippen molar-refractivity contribution in [2.75, 3.05) is 33.9 Å². The number of benzene rings is 1. The molecule has 22 heavy (non-hydrogen) atoms. The summed E-state index contributed by atoms with van der Waals surface area (Å²) >= 11 is 0. The van der Waals surface area contributed by atoms with Crippen molar-refractivity contribution in [2.45, 2.75) is 38.3 Å². The number of hydrogen-bond acceptors (Lipinski definition) is 4. The fourth-order valence-electron chi connectivity index (χ4n) is 3.13. The third-order valence-corrected chi connectivity index (χ3v) is 7.23. The molecule has 1 aromatic carbocycles. The van der Waals surface area contributed by atoms with E-state index in [2.05, 4.69) is 24.0 Å². The Bertz CT molecular complexity index is 425. The summed E-state index contributed by atoms with van der Waals surface area (Å²) in [6, 6.07) is 11.5. The molecule has 1 unspecified atom stereocenters. The quantitative estimate of drug-likeness (QED) is 0.688. The third-order valence-electron chi connectivity index (χ3n) is 4.54. The molecule has 0 bridgehead atoms. The van der Waals surface area contributed by atoms with Crippen LogP contribution in [0.1, 0.15) is 31.7 Å². The van der Waals surface area contributed by atoms with Gasteiger partial charge in [0.05, 0.1) is 6.61 Å². The molecular formula is C17H29NO3Si. The van der Waals surface area contributed by atoms with Crippen molar-refractivity contribution in [3.8, 4) is 0 Å². The van der Waals surface area contributed by atoms with E-state index >= 15 is 0 Å². The Morgan fingerprint density at radius 2 is 1.86 bits per heavy atom. The lowest BCUT2D eigenvalue weighted by Crippen LogP contribution is -2.51. The zero-order valence-corrected chi connectivity index (χ0v) is 15.1. The van der Waals surface area contributed by atoms with Crippen LogP contribution in [-0.4, -0.2) is 53.7 Å². The molecule has 1 aliphatic rings. The van der Waals surface area contributed by atoms with E-state index < -0.39 is 8.80 Å². The molecular weight excluding hydrogens is 294 g/mol. The number of likely N-dealkylation sites (N-methyl/N-ethyl adjacent to an activating group) is 1. The van der Waals surface area contributed by atoms with Crippen molar-refractivity contribution in [3.05, 3.63) is 35.9 Å². The van der Waals surface area contributed by atoms with Gasteiger partial charge in [0.25, 0.3) is 0 Å². The molecule has 1 aromatic rings. The van der Waals surface area contributed by atoms with Crippen LogP contribution in [0.5, 0.6) is 0 Å². The fourth-order valence-corrected chi connectivity index (χ4v) is 5.11. The molecule has 0 saturated carbocycles. The van der Waals surface area contributed by atoms with E-state index in [-0.39, 0.29) is 0 Å². The third kappa shape index (κ3) is 4.63. The first-order valence-corrected chi connectivity index (χ1v) is 10.2. The molecule has 0 aromatic heterocycles. The van der Waals surface area contributed by atoms with Crippen molar-refractivity contribution in [3.63, 3.8) is 0 Å². The van der Waals surface area contributed by atoms with Crippen molar-refractivity contribution in [1.82, 2.24) is 4.90 Å². The van der Waals surface area contributed by atoms with Crippen LogP contribution in [0.4, 0.5) is 0 Å². The summed E-state index contributed by atoms with van der Waals surface area (Å²) in [7, 11) is 0.774. The van der Waals surface area contributed by atoms with E-state index in [9.17, 15) is 0 Å². The Kier molecular flexibility index (Phi) is 7.04. The molecule has 0 aliphatic carbocycles. The minimum Gasteiger partial charge on any atom is -0.377 e. The van der Waals surface area contributed by atoms with Gasteiger partial charge in [-0.25, -0.2) is 0 Å². The molecule has 1 atom stereocenters. The van der Waals surface area contributed by atoms with Gasteiger partial charge in [-0.05, 0) is 31.5 Å². The predicted molar refractivity (Wildman–Crippen MR) is 90.8 cm³/mol. The summed E-state index contributed by atoms with van der Waals surface area (Å²) in [5.41, 5.74) is 1.20. The standard InChI is InChI=1S/C17H29NO3Si/c1-4-18-13-9-8-12-17(18)14-21-22(19-2,20-3)15-16-10-6-5-7-11-16/h5-7,10-11,17H,4,8-9,12-15H2,1-3H3. The van der Waals surface area contributed by atoms with E-state index in [1.165, 1.54) is 31.4 Å². The first-order valence-electron chi connectivity index (χ1n) is 8.25. The molecule has 5 heteroatoms. The van der Waals surface area contributed by atoms with Gasteiger partial charge in [-0.15, -0.1) is 0 Å². The summed E-state index contributed by atoms with van der Waals surface area (Å²) in [5, 5.41) is 0. The zero-order chi connectivity index (χ0) is 15.8. The highest BCUT2D eigenvalue weighted by Crippen LogP contribution is 2.21. The lowest BCUT2D eigenvalue weighted by atomic mass is 10.0. The second-order valence-corrected chi connectivity index (χ2v) is 8.67. The van der Waals surface area contributed by atoms with E-state index in [1.54, 1.807) is 14.2 Å². The molecule has 1 saturated heterocycles. The molecule has 1 heterocycles. The highest BCUT2D eigenvalue weighted by Gasteiger charge is 2.40. The molecule has 0 spiro atoms. The van der Waals surface area contributed by atoms with E-state index in [0.29, 0.717) is 12.6 Å². The largest absolute Gasteiger partial charge is 0.505 e. The van der Waals surface area contributed by atoms with Crippen LogP contribution < -0.4 is 0 Å². The number of nitrogens with zero attached hydrogens (tertiary/aromatic N) is 1. The van der Waals surface area contributed by atoms with Gasteiger partial charge in [-0.2, -0.15) is 0 Å². The average molecular weight is 324 g/mol. The van der Waals surface area contributed by atoms with Crippen LogP contribution in [0.3, 0.4) is 0 Å². The highest BCUT2D eigenvalue weighted by atomic mass is 28.4. The van der Waals surface area contributed by atoms with Crippen molar-refractivity contribution < 1.29 is 13.3 Å². The minimum absolute atomic E-state index is 0.492. The molecule has 1 aliphatic heterocycles. The van der Waals surface area contributed by atoms with Gasteiger partial charge in [-0.3, -0.25) is 4.90 Å². The van der Waals surface area contributed by atoms with Crippen molar-refractivity contribution >= 4 is 8.80 Å². The van der Waals surface area contributed by atoms with Gasteiger partial charge in [0.2, 0.25) is 0 Å². The monoisotopic (exact) mass is 323 g/mol. The number of likely N-dealkylation sites (tertiary alicyclic amines) is 1. The smallest absolute Gasteiger partial charge is 0.377 e. The van der Waals surface area contributed by atoms with Gasteiger partial charge in [-0.1, -0.05) is 43.7 Å². The Labute approximate surface area is 135 Å². The molecule has 0 amide bonds. The van der Waals surface area contributed by atoms with Crippen LogP contribution in [0, 0.1) is 0 Å². The topological polar surface area (TPSA) is 30.9 Å². The molecule has 124 valence electrons. The molecule has 1 fully saturated rings. The number of piperidine rings is 1. The van der Waals surface area contributed by atoms with Gasteiger partial charge in [0.15, 0.2) is 0 Å². The minimum atomic E-state index is -2.64. The summed E-state index contributed by atoms with van der Waals surface area (Å²) in [6.07, 6.45) is 3.79. The van der Waals surface area contributed by atoms with Crippen LogP contribution in [0.2, 0.25) is 0 Å². The number of rotatable bonds is 8. The normalized spacial score (nSPS) is 20.2. The van der Waals surface area contributed by atoms with Gasteiger partial charge < -0.3 is 13.3 Å². The first kappa shape index (κ1) is 17.6. The summed E-state index contributed by atoms with van der Waals surface area (Å²) in [6.45, 7) is 5.19. The molecule has 0 N–H and O–H groups in total. The molecule has 0 radical (unpaired) electrons. The van der Waals surface area contributed by atoms with E-state index in [4.69, 9.17) is 13.3 Å². The van der Waals surface area contributed by atoms with Gasteiger partial charge in [0, 0.05) is 26.3 Å². The maximum Gasteiger partial charge on any atom is 0.505 e. The Balaban J connectivity index is 1.98. The molecule has 4 nitrogen and oxygen atoms in total.